The van der Waals surface area contributed by atoms with Crippen LogP contribution in [0.15, 0.2) is 24.7 Å². The lowest BCUT2D eigenvalue weighted by molar-refractivity contribution is -0.0486. The van der Waals surface area contributed by atoms with Crippen molar-refractivity contribution in [1.82, 2.24) is 14.5 Å². The van der Waals surface area contributed by atoms with Gasteiger partial charge in [0, 0.05) is 36.1 Å². The molecule has 1 aliphatic rings. The molecule has 1 fully saturated rings. The van der Waals surface area contributed by atoms with Gasteiger partial charge in [0.05, 0.1) is 57.5 Å². The van der Waals surface area contributed by atoms with Gasteiger partial charge in [-0.1, -0.05) is 11.8 Å². The largest absolute Gasteiger partial charge is 0.496 e. The average molecular weight is 594 g/mol. The van der Waals surface area contributed by atoms with Crippen LogP contribution in [-0.2, 0) is 24.3 Å². The van der Waals surface area contributed by atoms with E-state index in [4.69, 9.17) is 39.7 Å². The Labute approximate surface area is 236 Å². The van der Waals surface area contributed by atoms with Crippen LogP contribution < -0.4 is 25.7 Å². The summed E-state index contributed by atoms with van der Waals surface area (Å²) in [5, 5.41) is 0.600. The number of hydrogen-bond donors (Lipinski definition) is 3. The van der Waals surface area contributed by atoms with E-state index in [2.05, 4.69) is 21.8 Å². The van der Waals surface area contributed by atoms with E-state index in [1.165, 1.54) is 18.1 Å². The van der Waals surface area contributed by atoms with Crippen molar-refractivity contribution in [3.63, 3.8) is 0 Å². The molecule has 13 nitrogen and oxygen atoms in total. The summed E-state index contributed by atoms with van der Waals surface area (Å²) in [5.41, 5.74) is 13.7. The monoisotopic (exact) mass is 593 g/mol. The van der Waals surface area contributed by atoms with E-state index in [1.54, 1.807) is 39.7 Å². The van der Waals surface area contributed by atoms with Crippen LogP contribution in [0.2, 0.25) is 0 Å². The van der Waals surface area contributed by atoms with Crippen LogP contribution in [0.3, 0.4) is 0 Å². The van der Waals surface area contributed by atoms with Gasteiger partial charge >= 0.3 is 8.25 Å². The molecule has 216 valence electrons. The third-order valence-electron chi connectivity index (χ3n) is 6.25. The molecule has 5 N–H and O–H groups in total. The lowest BCUT2D eigenvalue weighted by Crippen LogP contribution is -2.28. The fourth-order valence-corrected chi connectivity index (χ4v) is 5.57. The molecule has 0 saturated carbocycles. The minimum atomic E-state index is -3.16. The summed E-state index contributed by atoms with van der Waals surface area (Å²) < 4.78 is 46.9. The first kappa shape index (κ1) is 30.0. The number of aromatic nitrogens is 3. The lowest BCUT2D eigenvalue weighted by atomic mass is 10.2. The molecule has 1 saturated heterocycles. The van der Waals surface area contributed by atoms with Crippen LogP contribution >= 0.6 is 20.0 Å². The van der Waals surface area contributed by atoms with Crippen LogP contribution in [0.25, 0.3) is 11.0 Å². The molecule has 4 rings (SSSR count). The van der Waals surface area contributed by atoms with Crippen molar-refractivity contribution in [2.75, 3.05) is 46.2 Å². The molecule has 0 spiro atoms. The highest BCUT2D eigenvalue weighted by molar-refractivity contribution is 7.98. The summed E-state index contributed by atoms with van der Waals surface area (Å²) in [6, 6.07) is 3.59. The average Bonchev–Trinajstić information content (AvgIpc) is 3.54. The first-order valence-corrected chi connectivity index (χ1v) is 14.6. The minimum absolute atomic E-state index is 0.115. The molecule has 1 unspecified atom stereocenters. The number of rotatable bonds is 12. The van der Waals surface area contributed by atoms with Gasteiger partial charge in [0.1, 0.15) is 47.4 Å². The summed E-state index contributed by atoms with van der Waals surface area (Å²) in [6.45, 7) is 0.0677. The molecule has 0 radical (unpaired) electrons. The van der Waals surface area contributed by atoms with E-state index < -0.39 is 26.7 Å². The third kappa shape index (κ3) is 6.82. The summed E-state index contributed by atoms with van der Waals surface area (Å²) in [6.07, 6.45) is 2.02. The molecule has 40 heavy (non-hydrogen) atoms. The molecule has 1 aromatic carbocycles. The number of fused-ring (bicyclic) bond motifs is 1. The second-order valence-electron chi connectivity index (χ2n) is 8.54. The quantitative estimate of drug-likeness (QED) is 0.121. The maximum atomic E-state index is 11.3. The molecule has 3 heterocycles. The van der Waals surface area contributed by atoms with Crippen molar-refractivity contribution in [2.24, 2.45) is 5.73 Å². The van der Waals surface area contributed by atoms with Gasteiger partial charge in [-0.05, 0) is 0 Å². The van der Waals surface area contributed by atoms with E-state index in [1.807, 2.05) is 4.57 Å². The fraction of sp³-hybridized carbons (Fsp3) is 0.440. The molecule has 4 atom stereocenters. The number of benzene rings is 1. The predicted octanol–water partition coefficient (Wildman–Crippen LogP) is 2.31. The molecule has 2 aromatic heterocycles. The smallest absolute Gasteiger partial charge is 0.316 e. The summed E-state index contributed by atoms with van der Waals surface area (Å²) in [7, 11) is 1.59. The maximum Gasteiger partial charge on any atom is 0.316 e. The number of anilines is 1. The van der Waals surface area contributed by atoms with Crippen molar-refractivity contribution in [2.45, 2.75) is 30.6 Å². The van der Waals surface area contributed by atoms with Crippen molar-refractivity contribution >= 4 is 36.9 Å². The van der Waals surface area contributed by atoms with Gasteiger partial charge in [0.15, 0.2) is 0 Å². The Morgan fingerprint density at radius 1 is 1.23 bits per heavy atom. The SMILES string of the molecule is COc1cc(OC)c(CSCO[C@H]2C[C@H](n3cc(C#CCN)c4c(N)ncnc43)O[C@@H]2CO[PH](=O)O)c(OC)c1. The van der Waals surface area contributed by atoms with E-state index >= 15 is 0 Å². The van der Waals surface area contributed by atoms with Gasteiger partial charge in [0.2, 0.25) is 0 Å². The Bertz CT molecular complexity index is 1390. The highest BCUT2D eigenvalue weighted by Crippen LogP contribution is 2.39. The maximum absolute atomic E-state index is 11.3. The fourth-order valence-electron chi connectivity index (χ4n) is 4.42. The van der Waals surface area contributed by atoms with Crippen LogP contribution in [-0.4, -0.2) is 72.1 Å². The molecule has 1 aliphatic heterocycles. The number of thioether (sulfide) groups is 1. The highest BCUT2D eigenvalue weighted by atomic mass is 32.2. The van der Waals surface area contributed by atoms with Gasteiger partial charge in [-0.2, -0.15) is 0 Å². The second-order valence-corrected chi connectivity index (χ2v) is 10.3. The third-order valence-corrected chi connectivity index (χ3v) is 7.46. The minimum Gasteiger partial charge on any atom is -0.496 e. The van der Waals surface area contributed by atoms with Crippen molar-refractivity contribution in [3.05, 3.63) is 35.8 Å². The Morgan fingerprint density at radius 3 is 2.62 bits per heavy atom. The second kappa shape index (κ2) is 14.0. The van der Waals surface area contributed by atoms with Gasteiger partial charge in [-0.15, -0.1) is 11.8 Å². The van der Waals surface area contributed by atoms with Gasteiger partial charge < -0.3 is 49.1 Å². The Hall–Kier alpha value is -3.02. The summed E-state index contributed by atoms with van der Waals surface area (Å²) >= 11 is 1.51. The van der Waals surface area contributed by atoms with Crippen molar-refractivity contribution in [1.29, 1.82) is 0 Å². The van der Waals surface area contributed by atoms with Gasteiger partial charge in [-0.3, -0.25) is 4.57 Å². The zero-order chi connectivity index (χ0) is 28.6. The first-order chi connectivity index (χ1) is 19.4. The number of ether oxygens (including phenoxy) is 5. The van der Waals surface area contributed by atoms with E-state index in [0.717, 1.165) is 5.56 Å². The van der Waals surface area contributed by atoms with Gasteiger partial charge in [-0.25, -0.2) is 9.97 Å². The predicted molar refractivity (Wildman–Crippen MR) is 151 cm³/mol. The molecule has 0 bridgehead atoms. The number of nitrogen functional groups attached to an aromatic ring is 1. The molecule has 15 heteroatoms. The molecular weight excluding hydrogens is 561 g/mol. The number of nitrogens with two attached hydrogens (primary N) is 2. The zero-order valence-electron chi connectivity index (χ0n) is 22.3. The topological polar surface area (TPSA) is 175 Å². The summed E-state index contributed by atoms with van der Waals surface area (Å²) in [5.74, 6) is 8.88. The van der Waals surface area contributed by atoms with Crippen LogP contribution in [0.4, 0.5) is 5.82 Å². The Kier molecular flexibility index (Phi) is 10.5. The molecule has 3 aromatic rings. The van der Waals surface area contributed by atoms with Crippen LogP contribution in [0.1, 0.15) is 23.8 Å². The summed E-state index contributed by atoms with van der Waals surface area (Å²) in [4.78, 5) is 17.7. The van der Waals surface area contributed by atoms with Crippen molar-refractivity contribution in [3.8, 4) is 29.1 Å². The van der Waals surface area contributed by atoms with Gasteiger partial charge in [0.25, 0.3) is 0 Å². The normalized spacial score (nSPS) is 19.3. The number of methoxy groups -OCH3 is 3. The zero-order valence-corrected chi connectivity index (χ0v) is 24.1. The van der Waals surface area contributed by atoms with Crippen molar-refractivity contribution < 1.29 is 37.7 Å². The van der Waals surface area contributed by atoms with E-state index in [9.17, 15) is 9.46 Å². The molecule has 0 aliphatic carbocycles. The number of hydrogen-bond acceptors (Lipinski definition) is 12. The lowest BCUT2D eigenvalue weighted by Gasteiger charge is -2.19. The van der Waals surface area contributed by atoms with E-state index in [0.29, 0.717) is 52.0 Å². The van der Waals surface area contributed by atoms with Crippen LogP contribution in [0, 0.1) is 11.8 Å². The highest BCUT2D eigenvalue weighted by Gasteiger charge is 2.38. The molecular formula is C25H32N5O8PS. The number of nitrogens with zero attached hydrogens (tertiary/aromatic N) is 3. The van der Waals surface area contributed by atoms with Crippen LogP contribution in [0.5, 0.6) is 17.2 Å². The molecule has 0 amide bonds. The standard InChI is InChI=1S/C25H32N5O8PS/c1-33-16-7-18(34-2)17(19(8-16)35-3)12-40-14-36-20-9-22(38-21(20)11-37-39(31)32)30-10-15(5-4-6-26)23-24(27)28-13-29-25(23)30/h7-8,10,13,20-22,39H,6,9,11-12,14,26H2,1-3H3,(H,31,32)(H2,27,28,29)/t20-,21+,22+/m0/s1. The Balaban J connectivity index is 1.50. The van der Waals surface area contributed by atoms with E-state index in [-0.39, 0.29) is 19.0 Å². The Morgan fingerprint density at radius 2 is 1.98 bits per heavy atom. The first-order valence-electron chi connectivity index (χ1n) is 12.2.